The molecule has 0 saturated carbocycles. The Morgan fingerprint density at radius 3 is 2.15 bits per heavy atom. The van der Waals surface area contributed by atoms with E-state index >= 15 is 0 Å². The molecule has 4 nitrogen and oxygen atoms in total. The van der Waals surface area contributed by atoms with Crippen LogP contribution >= 0.6 is 0 Å². The Labute approximate surface area is 235 Å². The molecule has 200 valence electrons. The molecule has 0 aromatic heterocycles. The zero-order valence-corrected chi connectivity index (χ0v) is 23.5. The molecule has 0 amide bonds. The number of aliphatic imine (C=N–C) groups is 1. The Kier molecular flexibility index (Phi) is 6.22. The predicted molar refractivity (Wildman–Crippen MR) is 167 cm³/mol. The van der Waals surface area contributed by atoms with E-state index in [1.807, 2.05) is 6.08 Å². The van der Waals surface area contributed by atoms with E-state index in [-0.39, 0.29) is 17.3 Å². The lowest BCUT2D eigenvalue weighted by Crippen LogP contribution is -2.28. The number of fused-ring (bicyclic) bond motifs is 6. The van der Waals surface area contributed by atoms with Gasteiger partial charge in [0.1, 0.15) is 0 Å². The van der Waals surface area contributed by atoms with Crippen LogP contribution in [0.25, 0.3) is 21.5 Å². The summed E-state index contributed by atoms with van der Waals surface area (Å²) < 4.78 is 0. The molecule has 4 heteroatoms. The number of aliphatic carboxylic acids is 1. The molecule has 0 fully saturated rings. The third-order valence-corrected chi connectivity index (χ3v) is 8.45. The highest BCUT2D eigenvalue weighted by atomic mass is 16.4. The summed E-state index contributed by atoms with van der Waals surface area (Å²) in [7, 11) is 0. The van der Waals surface area contributed by atoms with Crippen LogP contribution in [-0.4, -0.2) is 23.3 Å². The fourth-order valence-electron chi connectivity index (χ4n) is 6.49. The number of hydrogen-bond acceptors (Lipinski definition) is 3. The molecule has 0 saturated heterocycles. The summed E-state index contributed by atoms with van der Waals surface area (Å²) in [5, 5.41) is 14.4. The number of carboxylic acid groups (broad SMARTS) is 1. The number of hydrogen-bond donors (Lipinski definition) is 1. The average molecular weight is 527 g/mol. The van der Waals surface area contributed by atoms with Gasteiger partial charge < -0.3 is 10.0 Å². The van der Waals surface area contributed by atoms with E-state index in [1.165, 1.54) is 32.7 Å². The highest BCUT2D eigenvalue weighted by molar-refractivity contribution is 6.12. The highest BCUT2D eigenvalue weighted by Gasteiger charge is 2.41. The molecular formula is C36H34N2O2. The molecule has 0 radical (unpaired) electrons. The van der Waals surface area contributed by atoms with Crippen LogP contribution in [0, 0.1) is 0 Å². The molecule has 2 heterocycles. The van der Waals surface area contributed by atoms with E-state index in [2.05, 4.69) is 130 Å². The molecule has 40 heavy (non-hydrogen) atoms. The Morgan fingerprint density at radius 1 is 0.800 bits per heavy atom. The third-order valence-electron chi connectivity index (χ3n) is 8.45. The van der Waals surface area contributed by atoms with Gasteiger partial charge in [0.05, 0.1) is 17.8 Å². The van der Waals surface area contributed by atoms with E-state index in [9.17, 15) is 9.90 Å². The van der Waals surface area contributed by atoms with Crippen molar-refractivity contribution < 1.29 is 9.90 Å². The van der Waals surface area contributed by atoms with Gasteiger partial charge >= 0.3 is 5.97 Å². The summed E-state index contributed by atoms with van der Waals surface area (Å²) in [5.41, 5.74) is 6.34. The first-order chi connectivity index (χ1) is 19.2. The van der Waals surface area contributed by atoms with Crippen LogP contribution < -0.4 is 4.90 Å². The van der Waals surface area contributed by atoms with Crippen molar-refractivity contribution in [3.05, 3.63) is 120 Å². The molecular weight excluding hydrogens is 492 g/mol. The molecule has 2 aliphatic rings. The predicted octanol–water partition coefficient (Wildman–Crippen LogP) is 8.63. The molecule has 0 bridgehead atoms. The van der Waals surface area contributed by atoms with Crippen LogP contribution in [0.3, 0.4) is 0 Å². The summed E-state index contributed by atoms with van der Waals surface area (Å²) in [5.74, 6) is -0.793. The standard InChI is InChI=1S/C36H34N2O2/c1-35(2)30(37-28-20-18-24-12-8-10-14-26(24)33(28)35)16-6-5-7-17-31-36(3,4)34-27-15-11-9-13-25(27)19-21-29(34)38(31)23-22-32(39)40/h5-21H,22-23H2,1-4H3,(H,39,40). The molecule has 0 aliphatic carbocycles. The van der Waals surface area contributed by atoms with E-state index in [1.54, 1.807) is 0 Å². The van der Waals surface area contributed by atoms with Gasteiger partial charge in [-0.15, -0.1) is 0 Å². The largest absolute Gasteiger partial charge is 0.481 e. The van der Waals surface area contributed by atoms with Gasteiger partial charge in [-0.1, -0.05) is 107 Å². The van der Waals surface area contributed by atoms with Crippen LogP contribution in [0.4, 0.5) is 11.4 Å². The van der Waals surface area contributed by atoms with Crippen LogP contribution in [0.2, 0.25) is 0 Å². The van der Waals surface area contributed by atoms with E-state index in [4.69, 9.17) is 4.99 Å². The number of anilines is 1. The average Bonchev–Trinajstić information content (AvgIpc) is 3.33. The molecule has 4 aromatic carbocycles. The van der Waals surface area contributed by atoms with Crippen LogP contribution in [0.15, 0.2) is 114 Å². The lowest BCUT2D eigenvalue weighted by Gasteiger charge is -2.26. The van der Waals surface area contributed by atoms with Crippen LogP contribution in [-0.2, 0) is 15.6 Å². The number of carbonyl (C=O) groups is 1. The van der Waals surface area contributed by atoms with Crippen molar-refractivity contribution in [2.45, 2.75) is 44.9 Å². The summed E-state index contributed by atoms with van der Waals surface area (Å²) in [6, 6.07) is 25.5. The van der Waals surface area contributed by atoms with Gasteiger partial charge in [-0.3, -0.25) is 9.79 Å². The molecule has 0 atom stereocenters. The van der Waals surface area contributed by atoms with Crippen molar-refractivity contribution >= 4 is 44.6 Å². The molecule has 2 aliphatic heterocycles. The topological polar surface area (TPSA) is 52.9 Å². The van der Waals surface area contributed by atoms with Gasteiger partial charge in [0, 0.05) is 28.8 Å². The monoisotopic (exact) mass is 526 g/mol. The quantitative estimate of drug-likeness (QED) is 0.256. The van der Waals surface area contributed by atoms with Crippen molar-refractivity contribution in [1.82, 2.24) is 0 Å². The summed E-state index contributed by atoms with van der Waals surface area (Å²) in [6.45, 7) is 9.36. The fourth-order valence-corrected chi connectivity index (χ4v) is 6.49. The highest BCUT2D eigenvalue weighted by Crippen LogP contribution is 2.51. The summed E-state index contributed by atoms with van der Waals surface area (Å²) in [6.07, 6.45) is 10.5. The lowest BCUT2D eigenvalue weighted by atomic mass is 9.79. The molecule has 1 N–H and O–H groups in total. The number of rotatable bonds is 6. The number of allylic oxidation sites excluding steroid dienone is 6. The second-order valence-electron chi connectivity index (χ2n) is 11.7. The summed E-state index contributed by atoms with van der Waals surface area (Å²) in [4.78, 5) is 18.7. The van der Waals surface area contributed by atoms with Crippen molar-refractivity contribution in [3.63, 3.8) is 0 Å². The SMILES string of the molecule is CC1(C)C(C=CC=CC=C2N(CCC(=O)O)c3ccc4ccccc4c3C2(C)C)=Nc2ccc3ccccc3c21. The summed E-state index contributed by atoms with van der Waals surface area (Å²) >= 11 is 0. The Hall–Kier alpha value is -4.44. The normalized spacial score (nSPS) is 18.2. The van der Waals surface area contributed by atoms with Gasteiger partial charge in [-0.2, -0.15) is 0 Å². The van der Waals surface area contributed by atoms with Gasteiger partial charge in [-0.25, -0.2) is 0 Å². The number of nitrogens with zero attached hydrogens (tertiary/aromatic N) is 2. The van der Waals surface area contributed by atoms with Gasteiger partial charge in [0.25, 0.3) is 0 Å². The van der Waals surface area contributed by atoms with E-state index in [0.29, 0.717) is 6.54 Å². The smallest absolute Gasteiger partial charge is 0.305 e. The van der Waals surface area contributed by atoms with Crippen LogP contribution in [0.5, 0.6) is 0 Å². The number of benzene rings is 4. The van der Waals surface area contributed by atoms with E-state index in [0.717, 1.165) is 22.8 Å². The Balaban J connectivity index is 1.30. The minimum atomic E-state index is -0.793. The first kappa shape index (κ1) is 25.8. The molecule has 4 aromatic rings. The Bertz CT molecular complexity index is 1790. The number of carboxylic acids is 1. The molecule has 0 spiro atoms. The lowest BCUT2D eigenvalue weighted by molar-refractivity contribution is -0.136. The van der Waals surface area contributed by atoms with Gasteiger partial charge in [0.2, 0.25) is 0 Å². The maximum absolute atomic E-state index is 11.5. The maximum Gasteiger partial charge on any atom is 0.305 e. The Morgan fingerprint density at radius 2 is 1.45 bits per heavy atom. The van der Waals surface area contributed by atoms with Crippen LogP contribution in [0.1, 0.15) is 45.2 Å². The van der Waals surface area contributed by atoms with Crippen molar-refractivity contribution in [2.24, 2.45) is 4.99 Å². The minimum Gasteiger partial charge on any atom is -0.481 e. The first-order valence-electron chi connectivity index (χ1n) is 13.9. The second kappa shape index (κ2) is 9.63. The fraction of sp³-hybridized carbons (Fsp3) is 0.222. The van der Waals surface area contributed by atoms with Gasteiger partial charge in [0.15, 0.2) is 0 Å². The van der Waals surface area contributed by atoms with Gasteiger partial charge in [-0.05, 0) is 57.0 Å². The van der Waals surface area contributed by atoms with Crippen molar-refractivity contribution in [1.29, 1.82) is 0 Å². The van der Waals surface area contributed by atoms with E-state index < -0.39 is 5.97 Å². The molecule has 6 rings (SSSR count). The molecule has 0 unspecified atom stereocenters. The first-order valence-corrected chi connectivity index (χ1v) is 13.9. The zero-order valence-electron chi connectivity index (χ0n) is 23.5. The van der Waals surface area contributed by atoms with Crippen molar-refractivity contribution in [2.75, 3.05) is 11.4 Å². The third kappa shape index (κ3) is 4.15. The zero-order chi connectivity index (χ0) is 28.1. The maximum atomic E-state index is 11.5. The minimum absolute atomic E-state index is 0.0768. The second-order valence-corrected chi connectivity index (χ2v) is 11.7. The van der Waals surface area contributed by atoms with Crippen molar-refractivity contribution in [3.8, 4) is 0 Å².